The molecule has 1 rings (SSSR count). The van der Waals surface area contributed by atoms with Gasteiger partial charge in [-0.05, 0) is 66.3 Å². The zero-order chi connectivity index (χ0) is 15.1. The van der Waals surface area contributed by atoms with Gasteiger partial charge in [-0.3, -0.25) is 9.80 Å². The van der Waals surface area contributed by atoms with Crippen molar-refractivity contribution in [1.82, 2.24) is 9.80 Å². The summed E-state index contributed by atoms with van der Waals surface area (Å²) in [6.07, 6.45) is 0. The highest BCUT2D eigenvalue weighted by Gasteiger charge is 1.98. The molecule has 0 fully saturated rings. The van der Waals surface area contributed by atoms with Gasteiger partial charge in [-0.15, -0.1) is 0 Å². The number of rotatable bonds is 2. The van der Waals surface area contributed by atoms with Crippen LogP contribution in [0.3, 0.4) is 0 Å². The first kappa shape index (κ1) is 16.3. The lowest BCUT2D eigenvalue weighted by molar-refractivity contribution is 0.373. The van der Waals surface area contributed by atoms with Crippen LogP contribution in [0.1, 0.15) is 25.0 Å². The molecule has 20 heavy (non-hydrogen) atoms. The molecule has 0 spiro atoms. The van der Waals surface area contributed by atoms with E-state index in [1.165, 1.54) is 0 Å². The van der Waals surface area contributed by atoms with Crippen molar-refractivity contribution >= 4 is 0 Å². The van der Waals surface area contributed by atoms with Gasteiger partial charge in [0.2, 0.25) is 0 Å². The Bertz CT molecular complexity index is 482. The molecule has 0 bridgehead atoms. The van der Waals surface area contributed by atoms with Gasteiger partial charge in [0, 0.05) is 11.1 Å². The van der Waals surface area contributed by atoms with Crippen molar-refractivity contribution < 1.29 is 0 Å². The summed E-state index contributed by atoms with van der Waals surface area (Å²) in [5, 5.41) is 0. The summed E-state index contributed by atoms with van der Waals surface area (Å²) in [5.74, 6) is 12.8. The fourth-order valence-electron chi connectivity index (χ4n) is 1.27. The Morgan fingerprint density at radius 1 is 0.700 bits per heavy atom. The van der Waals surface area contributed by atoms with E-state index in [9.17, 15) is 0 Å². The normalized spacial score (nSPS) is 13.2. The number of benzene rings is 1. The fraction of sp³-hybridized carbons (Fsp3) is 0.444. The van der Waals surface area contributed by atoms with E-state index in [4.69, 9.17) is 0 Å². The van der Waals surface area contributed by atoms with Gasteiger partial charge < -0.3 is 0 Å². The Hall–Kier alpha value is -1.74. The molecule has 0 saturated carbocycles. The lowest BCUT2D eigenvalue weighted by Gasteiger charge is -2.12. The molecular formula is C18H24N2. The average Bonchev–Trinajstić information content (AvgIpc) is 2.42. The van der Waals surface area contributed by atoms with Gasteiger partial charge in [0.15, 0.2) is 0 Å². The lowest BCUT2D eigenvalue weighted by Crippen LogP contribution is -2.22. The predicted molar refractivity (Wildman–Crippen MR) is 86.5 cm³/mol. The van der Waals surface area contributed by atoms with Crippen molar-refractivity contribution in [3.8, 4) is 23.7 Å². The smallest absolute Gasteiger partial charge is 0.0684 e. The van der Waals surface area contributed by atoms with Crippen LogP contribution in [0.2, 0.25) is 0 Å². The Morgan fingerprint density at radius 3 is 1.25 bits per heavy atom. The average molecular weight is 268 g/mol. The van der Waals surface area contributed by atoms with Crippen molar-refractivity contribution in [2.24, 2.45) is 0 Å². The minimum Gasteiger partial charge on any atom is -0.296 e. The van der Waals surface area contributed by atoms with Crippen LogP contribution in [0.25, 0.3) is 0 Å². The molecule has 0 amide bonds. The molecule has 0 radical (unpaired) electrons. The molecule has 2 atom stereocenters. The molecule has 0 aliphatic heterocycles. The van der Waals surface area contributed by atoms with Crippen LogP contribution in [0.15, 0.2) is 24.3 Å². The van der Waals surface area contributed by atoms with Crippen molar-refractivity contribution in [3.63, 3.8) is 0 Å². The van der Waals surface area contributed by atoms with E-state index >= 15 is 0 Å². The zero-order valence-corrected chi connectivity index (χ0v) is 13.4. The van der Waals surface area contributed by atoms with E-state index in [1.54, 1.807) is 0 Å². The summed E-state index contributed by atoms with van der Waals surface area (Å²) in [5.41, 5.74) is 2.06. The van der Waals surface area contributed by atoms with Gasteiger partial charge in [0.1, 0.15) is 0 Å². The monoisotopic (exact) mass is 268 g/mol. The molecule has 0 heterocycles. The topological polar surface area (TPSA) is 6.48 Å². The van der Waals surface area contributed by atoms with Crippen molar-refractivity contribution in [1.29, 1.82) is 0 Å². The van der Waals surface area contributed by atoms with Gasteiger partial charge in [-0.25, -0.2) is 0 Å². The molecule has 0 aliphatic rings. The molecule has 2 unspecified atom stereocenters. The van der Waals surface area contributed by atoms with Crippen LogP contribution >= 0.6 is 0 Å². The summed E-state index contributed by atoms with van der Waals surface area (Å²) in [4.78, 5) is 4.19. The van der Waals surface area contributed by atoms with E-state index in [1.807, 2.05) is 52.5 Å². The number of nitrogens with zero attached hydrogens (tertiary/aromatic N) is 2. The first-order valence-corrected chi connectivity index (χ1v) is 6.86. The number of hydrogen-bond donors (Lipinski definition) is 0. The summed E-state index contributed by atoms with van der Waals surface area (Å²) < 4.78 is 0. The molecule has 2 nitrogen and oxygen atoms in total. The van der Waals surface area contributed by atoms with E-state index in [0.717, 1.165) is 11.1 Å². The highest BCUT2D eigenvalue weighted by molar-refractivity contribution is 5.42. The Labute approximate surface area is 123 Å². The molecule has 0 aromatic heterocycles. The van der Waals surface area contributed by atoms with Crippen LogP contribution in [0.5, 0.6) is 0 Å². The minimum atomic E-state index is 0.260. The maximum Gasteiger partial charge on any atom is 0.0684 e. The van der Waals surface area contributed by atoms with Gasteiger partial charge in [-0.1, -0.05) is 23.7 Å². The van der Waals surface area contributed by atoms with Crippen LogP contribution in [-0.4, -0.2) is 50.1 Å². The van der Waals surface area contributed by atoms with Crippen molar-refractivity contribution in [3.05, 3.63) is 35.4 Å². The van der Waals surface area contributed by atoms with Gasteiger partial charge in [0.25, 0.3) is 0 Å². The molecule has 2 heteroatoms. The third-order valence-electron chi connectivity index (χ3n) is 3.28. The summed E-state index contributed by atoms with van der Waals surface area (Å²) in [6.45, 7) is 4.19. The van der Waals surface area contributed by atoms with E-state index < -0.39 is 0 Å². The second-order valence-electron chi connectivity index (χ2n) is 5.40. The van der Waals surface area contributed by atoms with Gasteiger partial charge >= 0.3 is 0 Å². The lowest BCUT2D eigenvalue weighted by atomic mass is 10.1. The second kappa shape index (κ2) is 7.75. The van der Waals surface area contributed by atoms with Gasteiger partial charge in [0.05, 0.1) is 12.1 Å². The zero-order valence-electron chi connectivity index (χ0n) is 13.4. The van der Waals surface area contributed by atoms with Gasteiger partial charge in [-0.2, -0.15) is 0 Å². The highest BCUT2D eigenvalue weighted by atomic mass is 15.1. The third kappa shape index (κ3) is 5.49. The predicted octanol–water partition coefficient (Wildman–Crippen LogP) is 2.29. The molecule has 0 aliphatic carbocycles. The molecule has 0 saturated heterocycles. The van der Waals surface area contributed by atoms with Crippen molar-refractivity contribution in [2.45, 2.75) is 25.9 Å². The summed E-state index contributed by atoms with van der Waals surface area (Å²) >= 11 is 0. The third-order valence-corrected chi connectivity index (χ3v) is 3.28. The molecular weight excluding hydrogens is 244 g/mol. The quantitative estimate of drug-likeness (QED) is 0.759. The van der Waals surface area contributed by atoms with Crippen LogP contribution < -0.4 is 0 Å². The first-order chi connectivity index (χ1) is 9.40. The molecule has 1 aromatic carbocycles. The summed E-state index contributed by atoms with van der Waals surface area (Å²) in [7, 11) is 8.13. The largest absolute Gasteiger partial charge is 0.296 e. The Balaban J connectivity index is 2.75. The highest BCUT2D eigenvalue weighted by Crippen LogP contribution is 2.03. The van der Waals surface area contributed by atoms with E-state index in [-0.39, 0.29) is 12.1 Å². The first-order valence-electron chi connectivity index (χ1n) is 6.86. The molecule has 0 N–H and O–H groups in total. The maximum absolute atomic E-state index is 3.22. The minimum absolute atomic E-state index is 0.260. The van der Waals surface area contributed by atoms with E-state index in [2.05, 4.69) is 47.3 Å². The fourth-order valence-corrected chi connectivity index (χ4v) is 1.27. The molecule has 106 valence electrons. The van der Waals surface area contributed by atoms with Crippen LogP contribution in [0.4, 0.5) is 0 Å². The number of hydrogen-bond acceptors (Lipinski definition) is 2. The Kier molecular flexibility index (Phi) is 6.32. The standard InChI is InChI=1S/C18H24N2/c1-15(19(3)4)7-9-17-11-13-18(14-12-17)10-8-16(2)20(5)6/h11-16H,1-6H3. The van der Waals surface area contributed by atoms with Crippen LogP contribution in [-0.2, 0) is 0 Å². The van der Waals surface area contributed by atoms with Crippen molar-refractivity contribution in [2.75, 3.05) is 28.2 Å². The summed E-state index contributed by atoms with van der Waals surface area (Å²) in [6, 6.07) is 8.63. The van der Waals surface area contributed by atoms with E-state index in [0.29, 0.717) is 0 Å². The Morgan fingerprint density at radius 2 is 1.00 bits per heavy atom. The maximum atomic E-state index is 3.22. The SMILES string of the molecule is CC(C#Cc1ccc(C#CC(C)N(C)C)cc1)N(C)C. The molecule has 1 aromatic rings. The van der Waals surface area contributed by atoms with Crippen LogP contribution in [0, 0.1) is 23.7 Å². The second-order valence-corrected chi connectivity index (χ2v) is 5.40.